The summed E-state index contributed by atoms with van der Waals surface area (Å²) in [6.45, 7) is -0.0801. The number of sulfone groups is 1. The number of hydrogen-bond acceptors (Lipinski definition) is 7. The highest BCUT2D eigenvalue weighted by Crippen LogP contribution is 2.44. The second kappa shape index (κ2) is 11.1. The van der Waals surface area contributed by atoms with E-state index in [1.54, 1.807) is 42.5 Å². The minimum Gasteiger partial charge on any atom is -0.494 e. The van der Waals surface area contributed by atoms with Crippen LogP contribution >= 0.6 is 0 Å². The fraction of sp³-hybridized carbons (Fsp3) is 0.370. The lowest BCUT2D eigenvalue weighted by atomic mass is 9.82. The maximum Gasteiger partial charge on any atom is 0.505 e. The number of hydrogen-bond donors (Lipinski definition) is 2. The Bertz CT molecular complexity index is 1670. The molecule has 2 amide bonds. The van der Waals surface area contributed by atoms with Crippen molar-refractivity contribution in [3.05, 3.63) is 64.8 Å². The zero-order chi connectivity index (χ0) is 30.3. The summed E-state index contributed by atoms with van der Waals surface area (Å²) in [6.07, 6.45) is -3.03. The molecule has 1 spiro atoms. The second-order valence-corrected chi connectivity index (χ2v) is 13.2. The topological polar surface area (TPSA) is 136 Å². The summed E-state index contributed by atoms with van der Waals surface area (Å²) in [5.41, 5.74) is 1.83. The molecule has 3 aromatic rings. The highest BCUT2D eigenvalue weighted by atomic mass is 32.2. The average molecular weight is 624 g/mol. The first kappa shape index (κ1) is 29.6. The lowest BCUT2D eigenvalue weighted by molar-refractivity contribution is -0.136. The van der Waals surface area contributed by atoms with Gasteiger partial charge in [-0.3, -0.25) is 9.59 Å². The number of carbonyl (C=O) groups is 2. The highest BCUT2D eigenvalue weighted by Gasteiger charge is 2.47. The average Bonchev–Trinajstić information content (AvgIpc) is 3.43. The van der Waals surface area contributed by atoms with Gasteiger partial charge in [0.15, 0.2) is 9.84 Å². The van der Waals surface area contributed by atoms with Gasteiger partial charge in [-0.1, -0.05) is 6.07 Å². The Morgan fingerprint density at radius 3 is 2.62 bits per heavy atom. The summed E-state index contributed by atoms with van der Waals surface area (Å²) in [5.74, 6) is -1.69. The number of nitrogens with one attached hydrogen (secondary N) is 2. The zero-order valence-electron chi connectivity index (χ0n) is 22.3. The molecule has 0 radical (unpaired) electrons. The Balaban J connectivity index is 1.45. The Hall–Kier alpha value is -3.85. The van der Waals surface area contributed by atoms with Gasteiger partial charge in [-0.25, -0.2) is 13.1 Å². The number of aromatic nitrogens is 2. The van der Waals surface area contributed by atoms with E-state index in [9.17, 15) is 35.4 Å². The summed E-state index contributed by atoms with van der Waals surface area (Å²) >= 11 is 0.301. The predicted octanol–water partition coefficient (Wildman–Crippen LogP) is 3.49. The third-order valence-electron chi connectivity index (χ3n) is 7.12. The molecular weight excluding hydrogens is 597 g/mol. The number of fused-ring (bicyclic) bond motifs is 3. The molecule has 1 aliphatic carbocycles. The van der Waals surface area contributed by atoms with Crippen LogP contribution in [0.15, 0.2) is 47.4 Å². The molecule has 2 aliphatic rings. The Morgan fingerprint density at radius 1 is 1.21 bits per heavy atom. The minimum absolute atomic E-state index is 0.00866. The van der Waals surface area contributed by atoms with Crippen molar-refractivity contribution in [1.29, 1.82) is 0 Å². The fourth-order valence-corrected chi connectivity index (χ4v) is 6.17. The lowest BCUT2D eigenvalue weighted by Gasteiger charge is -2.35. The van der Waals surface area contributed by atoms with Gasteiger partial charge >= 0.3 is 17.8 Å². The van der Waals surface area contributed by atoms with Gasteiger partial charge < -0.3 is 15.4 Å². The van der Waals surface area contributed by atoms with Crippen LogP contribution in [0.2, 0.25) is 0 Å². The first-order valence-electron chi connectivity index (χ1n) is 12.9. The normalized spacial score (nSPS) is 17.9. The summed E-state index contributed by atoms with van der Waals surface area (Å²) in [7, 11) is -3.66. The minimum atomic E-state index is -4.24. The first-order chi connectivity index (χ1) is 19.8. The molecule has 1 aliphatic heterocycles. The van der Waals surface area contributed by atoms with E-state index < -0.39 is 45.5 Å². The van der Waals surface area contributed by atoms with Crippen molar-refractivity contribution >= 4 is 39.1 Å². The largest absolute Gasteiger partial charge is 0.505 e. The molecule has 222 valence electrons. The summed E-state index contributed by atoms with van der Waals surface area (Å²) < 4.78 is 78.8. The second-order valence-electron chi connectivity index (χ2n) is 10.4. The van der Waals surface area contributed by atoms with Crippen LogP contribution in [0.3, 0.4) is 0 Å². The van der Waals surface area contributed by atoms with Crippen LogP contribution in [0.1, 0.15) is 46.4 Å². The molecule has 1 atom stereocenters. The van der Waals surface area contributed by atoms with E-state index in [-0.39, 0.29) is 30.8 Å². The molecule has 10 nitrogen and oxygen atoms in total. The molecule has 15 heteroatoms. The van der Waals surface area contributed by atoms with Gasteiger partial charge in [-0.15, -0.1) is 0 Å². The van der Waals surface area contributed by atoms with E-state index in [4.69, 9.17) is 4.74 Å². The monoisotopic (exact) mass is 623 g/mol. The number of amides is 2. The number of rotatable bonds is 9. The van der Waals surface area contributed by atoms with Gasteiger partial charge in [0.25, 0.3) is 10.8 Å². The molecule has 2 heterocycles. The van der Waals surface area contributed by atoms with Gasteiger partial charge in [0, 0.05) is 35.4 Å². The van der Waals surface area contributed by atoms with E-state index in [1.807, 2.05) is 0 Å². The SMILES string of the molecule is CS(=O)(=O)CC(=O)Nc1c2c(nn1-c1ccc([S+]=O)cc1)C[C@]1(CCc3cc(OCCCC(F)(F)F)ccc31)NC2=O. The molecule has 5 rings (SSSR count). The lowest BCUT2D eigenvalue weighted by Crippen LogP contribution is -2.49. The molecule has 0 saturated heterocycles. The van der Waals surface area contributed by atoms with Gasteiger partial charge in [0.05, 0.1) is 23.5 Å². The number of halogens is 3. The number of ether oxygens (including phenoxy) is 1. The van der Waals surface area contributed by atoms with Crippen molar-refractivity contribution < 1.29 is 40.1 Å². The Labute approximate surface area is 243 Å². The number of carbonyl (C=O) groups excluding carboxylic acids is 2. The maximum atomic E-state index is 13.6. The molecule has 0 bridgehead atoms. The number of alkyl halides is 3. The molecule has 0 fully saturated rings. The van der Waals surface area contributed by atoms with Gasteiger partial charge in [-0.2, -0.15) is 18.3 Å². The molecule has 2 aromatic carbocycles. The fourth-order valence-electron chi connectivity index (χ4n) is 5.38. The van der Waals surface area contributed by atoms with Crippen molar-refractivity contribution in [2.24, 2.45) is 0 Å². The zero-order valence-corrected chi connectivity index (χ0v) is 23.9. The molecule has 0 unspecified atom stereocenters. The molecule has 0 saturated carbocycles. The third-order valence-corrected chi connectivity index (χ3v) is 8.37. The van der Waals surface area contributed by atoms with E-state index in [1.165, 1.54) is 4.68 Å². The predicted molar refractivity (Wildman–Crippen MR) is 147 cm³/mol. The summed E-state index contributed by atoms with van der Waals surface area (Å²) in [4.78, 5) is 26.7. The molecular formula is C27H26F3N4O6S2+. The summed E-state index contributed by atoms with van der Waals surface area (Å²) in [6, 6.07) is 11.5. The summed E-state index contributed by atoms with van der Waals surface area (Å²) in [5, 5.41) is 10.3. The molecule has 1 aromatic heterocycles. The van der Waals surface area contributed by atoms with Crippen LogP contribution in [0, 0.1) is 0 Å². The van der Waals surface area contributed by atoms with Crippen LogP contribution in [0.4, 0.5) is 19.0 Å². The van der Waals surface area contributed by atoms with Crippen LogP contribution < -0.4 is 15.4 Å². The van der Waals surface area contributed by atoms with Crippen LogP contribution in [-0.2, 0) is 48.9 Å². The quantitative estimate of drug-likeness (QED) is 0.275. The van der Waals surface area contributed by atoms with E-state index in [0.29, 0.717) is 46.5 Å². The van der Waals surface area contributed by atoms with E-state index >= 15 is 0 Å². The number of anilines is 1. The standard InChI is InChI=1S/C27H25F3N4O6S2/c1-42(38,39)15-22(35)31-24-23-21(33-34(24)17-3-6-19(41-37)7-4-17)14-26(32-25(23)36)11-9-16-13-18(5-8-20(16)26)40-12-2-10-27(28,29)30/h3-8,13H,2,9-12,14-15H2,1H3,(H-,31,32,33,35,36)/p+1/t26-/m0/s1. The smallest absolute Gasteiger partial charge is 0.494 e. The van der Waals surface area contributed by atoms with Crippen molar-refractivity contribution in [2.75, 3.05) is 23.9 Å². The molecule has 42 heavy (non-hydrogen) atoms. The van der Waals surface area contributed by atoms with Crippen molar-refractivity contribution in [1.82, 2.24) is 15.1 Å². The Kier molecular flexibility index (Phi) is 7.83. The Morgan fingerprint density at radius 2 is 1.95 bits per heavy atom. The van der Waals surface area contributed by atoms with Gasteiger partial charge in [0.1, 0.15) is 22.9 Å². The maximum absolute atomic E-state index is 13.6. The van der Waals surface area contributed by atoms with Gasteiger partial charge in [0.2, 0.25) is 5.91 Å². The van der Waals surface area contributed by atoms with E-state index in [0.717, 1.165) is 17.4 Å². The van der Waals surface area contributed by atoms with Crippen molar-refractivity contribution in [2.45, 2.75) is 48.7 Å². The number of aryl methyl sites for hydroxylation is 1. The van der Waals surface area contributed by atoms with Crippen molar-refractivity contribution in [3.63, 3.8) is 0 Å². The molecule has 2 N–H and O–H groups in total. The highest BCUT2D eigenvalue weighted by molar-refractivity contribution is 7.91. The number of benzene rings is 2. The van der Waals surface area contributed by atoms with Crippen molar-refractivity contribution in [3.8, 4) is 11.4 Å². The van der Waals surface area contributed by atoms with E-state index in [2.05, 4.69) is 15.7 Å². The first-order valence-corrected chi connectivity index (χ1v) is 15.7. The van der Waals surface area contributed by atoms with Crippen LogP contribution in [0.25, 0.3) is 5.69 Å². The number of nitrogens with zero attached hydrogens (tertiary/aromatic N) is 2. The van der Waals surface area contributed by atoms with Crippen LogP contribution in [0.5, 0.6) is 5.75 Å². The van der Waals surface area contributed by atoms with Crippen LogP contribution in [-0.4, -0.2) is 54.8 Å². The van der Waals surface area contributed by atoms with Gasteiger partial charge in [-0.05, 0) is 54.7 Å². The third kappa shape index (κ3) is 6.31.